The molecule has 100 valence electrons. The summed E-state index contributed by atoms with van der Waals surface area (Å²) in [6.07, 6.45) is 0.799. The molecular weight excluding hydrogens is 274 g/mol. The molecule has 2 rings (SSSR count). The predicted octanol–water partition coefficient (Wildman–Crippen LogP) is 4.69. The van der Waals surface area contributed by atoms with Crippen LogP contribution in [-0.4, -0.2) is 6.04 Å². The van der Waals surface area contributed by atoms with E-state index in [1.807, 2.05) is 19.1 Å². The highest BCUT2D eigenvalue weighted by Crippen LogP contribution is 2.35. The van der Waals surface area contributed by atoms with E-state index >= 15 is 0 Å². The summed E-state index contributed by atoms with van der Waals surface area (Å²) >= 11 is 8.07. The molecule has 0 aliphatic heterocycles. The van der Waals surface area contributed by atoms with Crippen molar-refractivity contribution in [3.05, 3.63) is 58.6 Å². The summed E-state index contributed by atoms with van der Waals surface area (Å²) in [6.45, 7) is 4.13. The van der Waals surface area contributed by atoms with Crippen molar-refractivity contribution in [3.63, 3.8) is 0 Å². The van der Waals surface area contributed by atoms with Gasteiger partial charge >= 0.3 is 0 Å². The average molecular weight is 292 g/mol. The van der Waals surface area contributed by atoms with Crippen molar-refractivity contribution in [1.82, 2.24) is 0 Å². The van der Waals surface area contributed by atoms with Crippen LogP contribution in [-0.2, 0) is 6.42 Å². The zero-order valence-electron chi connectivity index (χ0n) is 11.2. The summed E-state index contributed by atoms with van der Waals surface area (Å²) in [5.41, 5.74) is 8.34. The lowest BCUT2D eigenvalue weighted by Gasteiger charge is -2.14. The van der Waals surface area contributed by atoms with Crippen molar-refractivity contribution < 1.29 is 0 Å². The maximum Gasteiger partial charge on any atom is 0.0449 e. The normalized spacial score (nSPS) is 12.4. The summed E-state index contributed by atoms with van der Waals surface area (Å²) in [6, 6.07) is 14.5. The fourth-order valence-electron chi connectivity index (χ4n) is 1.94. The zero-order chi connectivity index (χ0) is 13.8. The first-order chi connectivity index (χ1) is 9.08. The lowest BCUT2D eigenvalue weighted by atomic mass is 10.1. The first-order valence-electron chi connectivity index (χ1n) is 6.34. The Morgan fingerprint density at radius 2 is 1.79 bits per heavy atom. The Balaban J connectivity index is 2.35. The highest BCUT2D eigenvalue weighted by molar-refractivity contribution is 7.99. The molecule has 0 saturated carbocycles. The van der Waals surface area contributed by atoms with E-state index in [1.165, 1.54) is 15.4 Å². The fourth-order valence-corrected chi connectivity index (χ4v) is 3.33. The van der Waals surface area contributed by atoms with Gasteiger partial charge in [0, 0.05) is 20.9 Å². The van der Waals surface area contributed by atoms with Crippen LogP contribution in [0.4, 0.5) is 0 Å². The minimum atomic E-state index is 0.108. The third kappa shape index (κ3) is 3.75. The number of hydrogen-bond donors (Lipinski definition) is 1. The standard InChI is InChI=1S/C16H18ClNS/c1-11-6-3-4-8-15(11)19-16-9-5-7-14(17)13(16)10-12(2)18/h3-9,12H,10,18H2,1-2H3. The van der Waals surface area contributed by atoms with Crippen molar-refractivity contribution in [2.75, 3.05) is 0 Å². The maximum absolute atomic E-state index is 6.31. The number of halogens is 1. The van der Waals surface area contributed by atoms with Gasteiger partial charge in [-0.1, -0.05) is 47.6 Å². The van der Waals surface area contributed by atoms with Gasteiger partial charge in [0.25, 0.3) is 0 Å². The van der Waals surface area contributed by atoms with Crippen LogP contribution in [0, 0.1) is 6.92 Å². The molecule has 0 amide bonds. The number of rotatable bonds is 4. The Morgan fingerprint density at radius 1 is 1.11 bits per heavy atom. The Morgan fingerprint density at radius 3 is 2.47 bits per heavy atom. The Kier molecular flexibility index (Phi) is 4.92. The number of nitrogens with two attached hydrogens (primary N) is 1. The van der Waals surface area contributed by atoms with Crippen LogP contribution in [0.5, 0.6) is 0 Å². The van der Waals surface area contributed by atoms with Gasteiger partial charge in [0.15, 0.2) is 0 Å². The molecule has 0 radical (unpaired) electrons. The van der Waals surface area contributed by atoms with E-state index in [2.05, 4.69) is 37.3 Å². The molecule has 0 aliphatic rings. The van der Waals surface area contributed by atoms with Gasteiger partial charge < -0.3 is 5.73 Å². The Bertz CT molecular complexity index is 566. The van der Waals surface area contributed by atoms with Crippen molar-refractivity contribution >= 4 is 23.4 Å². The lowest BCUT2D eigenvalue weighted by Crippen LogP contribution is -2.18. The van der Waals surface area contributed by atoms with Crippen LogP contribution in [0.25, 0.3) is 0 Å². The van der Waals surface area contributed by atoms with Crippen molar-refractivity contribution in [2.45, 2.75) is 36.1 Å². The monoisotopic (exact) mass is 291 g/mol. The van der Waals surface area contributed by atoms with Gasteiger partial charge in [0.05, 0.1) is 0 Å². The molecule has 1 nitrogen and oxygen atoms in total. The van der Waals surface area contributed by atoms with Crippen LogP contribution in [0.1, 0.15) is 18.1 Å². The van der Waals surface area contributed by atoms with Crippen LogP contribution < -0.4 is 5.73 Å². The van der Waals surface area contributed by atoms with E-state index in [0.717, 1.165) is 17.0 Å². The SMILES string of the molecule is Cc1ccccc1Sc1cccc(Cl)c1CC(C)N. The smallest absolute Gasteiger partial charge is 0.0449 e. The van der Waals surface area contributed by atoms with Gasteiger partial charge in [0.1, 0.15) is 0 Å². The van der Waals surface area contributed by atoms with E-state index in [-0.39, 0.29) is 6.04 Å². The average Bonchev–Trinajstić information content (AvgIpc) is 2.36. The lowest BCUT2D eigenvalue weighted by molar-refractivity contribution is 0.729. The summed E-state index contributed by atoms with van der Waals surface area (Å²) in [5.74, 6) is 0. The number of hydrogen-bond acceptors (Lipinski definition) is 2. The first-order valence-corrected chi connectivity index (χ1v) is 7.54. The molecule has 2 aromatic rings. The summed E-state index contributed by atoms with van der Waals surface area (Å²) in [5, 5.41) is 0.802. The first kappa shape index (κ1) is 14.4. The molecule has 19 heavy (non-hydrogen) atoms. The predicted molar refractivity (Wildman–Crippen MR) is 84.1 cm³/mol. The highest BCUT2D eigenvalue weighted by atomic mass is 35.5. The molecule has 0 fully saturated rings. The largest absolute Gasteiger partial charge is 0.328 e. The second-order valence-electron chi connectivity index (χ2n) is 4.77. The van der Waals surface area contributed by atoms with Crippen LogP contribution in [0.2, 0.25) is 5.02 Å². The highest BCUT2D eigenvalue weighted by Gasteiger charge is 2.11. The van der Waals surface area contributed by atoms with E-state index in [1.54, 1.807) is 11.8 Å². The molecule has 0 spiro atoms. The van der Waals surface area contributed by atoms with Gasteiger partial charge in [0.2, 0.25) is 0 Å². The van der Waals surface area contributed by atoms with Crippen molar-refractivity contribution in [2.24, 2.45) is 5.73 Å². The summed E-state index contributed by atoms with van der Waals surface area (Å²) in [7, 11) is 0. The Hall–Kier alpha value is -0.960. The molecular formula is C16H18ClNS. The molecule has 3 heteroatoms. The van der Waals surface area contributed by atoms with Gasteiger partial charge in [-0.05, 0) is 49.6 Å². The van der Waals surface area contributed by atoms with E-state index < -0.39 is 0 Å². The maximum atomic E-state index is 6.31. The van der Waals surface area contributed by atoms with E-state index in [9.17, 15) is 0 Å². The fraction of sp³-hybridized carbons (Fsp3) is 0.250. The number of benzene rings is 2. The molecule has 2 N–H and O–H groups in total. The van der Waals surface area contributed by atoms with E-state index in [4.69, 9.17) is 17.3 Å². The third-order valence-electron chi connectivity index (χ3n) is 2.92. The molecule has 1 atom stereocenters. The zero-order valence-corrected chi connectivity index (χ0v) is 12.8. The minimum Gasteiger partial charge on any atom is -0.328 e. The second kappa shape index (κ2) is 6.47. The topological polar surface area (TPSA) is 26.0 Å². The van der Waals surface area contributed by atoms with Crippen molar-refractivity contribution in [3.8, 4) is 0 Å². The van der Waals surface area contributed by atoms with Gasteiger partial charge in [-0.3, -0.25) is 0 Å². The van der Waals surface area contributed by atoms with Crippen LogP contribution in [0.3, 0.4) is 0 Å². The molecule has 2 aromatic carbocycles. The third-order valence-corrected chi connectivity index (χ3v) is 4.55. The molecule has 0 aliphatic carbocycles. The van der Waals surface area contributed by atoms with Crippen LogP contribution >= 0.6 is 23.4 Å². The van der Waals surface area contributed by atoms with Gasteiger partial charge in [-0.25, -0.2) is 0 Å². The summed E-state index contributed by atoms with van der Waals surface area (Å²) < 4.78 is 0. The summed E-state index contributed by atoms with van der Waals surface area (Å²) in [4.78, 5) is 2.45. The molecule has 1 unspecified atom stereocenters. The quantitative estimate of drug-likeness (QED) is 0.884. The Labute approximate surface area is 124 Å². The molecule has 0 aromatic heterocycles. The van der Waals surface area contributed by atoms with Crippen LogP contribution in [0.15, 0.2) is 52.3 Å². The van der Waals surface area contributed by atoms with Gasteiger partial charge in [-0.2, -0.15) is 0 Å². The van der Waals surface area contributed by atoms with Gasteiger partial charge in [-0.15, -0.1) is 0 Å². The number of aryl methyl sites for hydroxylation is 1. The molecule has 0 saturated heterocycles. The second-order valence-corrected chi connectivity index (χ2v) is 6.26. The molecule has 0 bridgehead atoms. The molecule has 0 heterocycles. The van der Waals surface area contributed by atoms with Crippen molar-refractivity contribution in [1.29, 1.82) is 0 Å². The minimum absolute atomic E-state index is 0.108. The van der Waals surface area contributed by atoms with E-state index in [0.29, 0.717) is 0 Å².